The number of nitrogens with one attached hydrogen (secondary N) is 2. The summed E-state index contributed by atoms with van der Waals surface area (Å²) in [4.78, 5) is 46.2. The number of aromatic amines is 1. The molecule has 0 spiro atoms. The third-order valence-corrected chi connectivity index (χ3v) is 6.18. The molecule has 0 aliphatic heterocycles. The van der Waals surface area contributed by atoms with E-state index in [9.17, 15) is 19.5 Å². The van der Waals surface area contributed by atoms with E-state index >= 15 is 0 Å². The van der Waals surface area contributed by atoms with Crippen molar-refractivity contribution in [3.63, 3.8) is 0 Å². The molecule has 1 unspecified atom stereocenters. The van der Waals surface area contributed by atoms with Crippen molar-refractivity contribution in [1.29, 1.82) is 0 Å². The largest absolute Gasteiger partial charge is 1.00 e. The first-order valence-corrected chi connectivity index (χ1v) is 15.3. The van der Waals surface area contributed by atoms with Gasteiger partial charge in [0.15, 0.2) is 0 Å². The predicted octanol–water partition coefficient (Wildman–Crippen LogP) is 1.19. The molecule has 0 saturated heterocycles. The third kappa shape index (κ3) is 18.2. The van der Waals surface area contributed by atoms with Gasteiger partial charge in [-0.05, 0) is 46.1 Å². The summed E-state index contributed by atoms with van der Waals surface area (Å²) in [6.45, 7) is 19.0. The molecule has 0 radical (unpaired) electrons. The first-order chi connectivity index (χ1) is 22.6. The van der Waals surface area contributed by atoms with Gasteiger partial charge >= 0.3 is 41.5 Å². The summed E-state index contributed by atoms with van der Waals surface area (Å²) >= 11 is 0. The van der Waals surface area contributed by atoms with Gasteiger partial charge in [0.05, 0.1) is 35.4 Å². The van der Waals surface area contributed by atoms with E-state index in [2.05, 4.69) is 78.4 Å². The van der Waals surface area contributed by atoms with Gasteiger partial charge in [-0.1, -0.05) is 69.0 Å². The third-order valence-electron chi connectivity index (χ3n) is 6.18. The summed E-state index contributed by atoms with van der Waals surface area (Å²) in [7, 11) is 1.70. The minimum absolute atomic E-state index is 0. The van der Waals surface area contributed by atoms with Crippen LogP contribution in [0.2, 0.25) is 0 Å². The molecule has 2 aromatic rings. The van der Waals surface area contributed by atoms with Crippen molar-refractivity contribution in [3.8, 4) is 0 Å². The van der Waals surface area contributed by atoms with Gasteiger partial charge in [-0.3, -0.25) is 9.59 Å². The van der Waals surface area contributed by atoms with E-state index in [4.69, 9.17) is 14.6 Å². The van der Waals surface area contributed by atoms with Crippen LogP contribution < -0.4 is 40.0 Å². The molecule has 1 atom stereocenters. The molecule has 15 heteroatoms. The molecule has 0 aliphatic rings. The van der Waals surface area contributed by atoms with Crippen molar-refractivity contribution in [2.45, 2.75) is 85.1 Å². The fourth-order valence-electron chi connectivity index (χ4n) is 3.90. The first-order valence-electron chi connectivity index (χ1n) is 15.3. The zero-order valence-corrected chi connectivity index (χ0v) is 31.9. The minimum atomic E-state index is -1.45. The maximum absolute atomic E-state index is 12.3. The predicted molar refractivity (Wildman–Crippen MR) is 181 cm³/mol. The van der Waals surface area contributed by atoms with Crippen molar-refractivity contribution < 1.29 is 63.6 Å². The SMILES string of the molecule is C=C(C)N=C(OCOC(=O)CCCc1cn(C(CCC(=O)O)C(=O)[O-])nn1)/C(=C/c1nc[nH]c1C(C)(C)C)NC.C=C/C=C\C=C(C)C.[Na+]. The first kappa shape index (κ1) is 44.7. The number of allylic oxidation sites excluding steroid dienone is 6. The number of aliphatic imine (C=N–C) groups is 1. The molecule has 0 saturated carbocycles. The van der Waals surface area contributed by atoms with Crippen LogP contribution in [0.15, 0.2) is 71.9 Å². The molecule has 2 heterocycles. The number of imidazole rings is 1. The van der Waals surface area contributed by atoms with Crippen molar-refractivity contribution in [2.24, 2.45) is 4.99 Å². The van der Waals surface area contributed by atoms with E-state index in [-0.39, 0.29) is 66.9 Å². The Morgan fingerprint density at radius 1 is 1.18 bits per heavy atom. The van der Waals surface area contributed by atoms with E-state index < -0.39 is 23.9 Å². The Kier molecular flexibility index (Phi) is 21.1. The number of hydrogen-bond acceptors (Lipinski definition) is 11. The van der Waals surface area contributed by atoms with E-state index in [1.54, 1.807) is 32.5 Å². The number of likely N-dealkylation sites (N-methyl/N-ethyl adjacent to an activating group) is 1. The topological polar surface area (TPSA) is 197 Å². The number of carboxylic acids is 2. The van der Waals surface area contributed by atoms with Crippen LogP contribution in [-0.2, 0) is 35.7 Å². The second-order valence-corrected chi connectivity index (χ2v) is 11.8. The molecule has 0 aliphatic carbocycles. The number of aromatic nitrogens is 5. The molecule has 0 bridgehead atoms. The zero-order valence-electron chi connectivity index (χ0n) is 29.9. The maximum Gasteiger partial charge on any atom is 1.00 e. The Balaban J connectivity index is 0.00000227. The number of aryl methyl sites for hydroxylation is 1. The molecule has 3 N–H and O–H groups in total. The average Bonchev–Trinajstić information content (AvgIpc) is 3.65. The fourth-order valence-corrected chi connectivity index (χ4v) is 3.90. The number of esters is 1. The molecule has 0 aromatic carbocycles. The zero-order chi connectivity index (χ0) is 36.3. The molecular formula is C34H48N7NaO7. The van der Waals surface area contributed by atoms with Gasteiger partial charge in [-0.2, -0.15) is 0 Å². The maximum atomic E-state index is 12.3. The molecule has 2 rings (SSSR count). The smallest absolute Gasteiger partial charge is 0.548 e. The number of ether oxygens (including phenoxy) is 2. The number of nitrogens with zero attached hydrogens (tertiary/aromatic N) is 5. The van der Waals surface area contributed by atoms with Gasteiger partial charge < -0.3 is 34.8 Å². The van der Waals surface area contributed by atoms with Crippen molar-refractivity contribution >= 4 is 29.9 Å². The van der Waals surface area contributed by atoms with E-state index in [1.165, 1.54) is 11.8 Å². The van der Waals surface area contributed by atoms with Crippen LogP contribution >= 0.6 is 0 Å². The molecule has 0 fully saturated rings. The van der Waals surface area contributed by atoms with Crippen molar-refractivity contribution in [3.05, 3.63) is 84.0 Å². The van der Waals surface area contributed by atoms with E-state index in [0.717, 1.165) is 10.4 Å². The number of rotatable bonds is 17. The van der Waals surface area contributed by atoms with Crippen LogP contribution in [0.1, 0.15) is 90.3 Å². The van der Waals surface area contributed by atoms with Crippen molar-refractivity contribution in [1.82, 2.24) is 30.3 Å². The van der Waals surface area contributed by atoms with Gasteiger partial charge in [-0.25, -0.2) is 14.7 Å². The number of H-pyrrole nitrogens is 1. The minimum Gasteiger partial charge on any atom is -0.548 e. The van der Waals surface area contributed by atoms with Crippen LogP contribution in [-0.4, -0.2) is 67.7 Å². The fraction of sp³-hybridized carbons (Fsp3) is 0.441. The number of carbonyl (C=O) groups excluding carboxylic acids is 2. The summed E-state index contributed by atoms with van der Waals surface area (Å²) in [5.74, 6) is -2.93. The second kappa shape index (κ2) is 23.1. The van der Waals surface area contributed by atoms with Crippen molar-refractivity contribution in [2.75, 3.05) is 13.8 Å². The molecule has 2 aromatic heterocycles. The van der Waals surface area contributed by atoms with Crippen LogP contribution in [0.5, 0.6) is 0 Å². The van der Waals surface area contributed by atoms with Crippen LogP contribution in [0, 0.1) is 0 Å². The number of carbonyl (C=O) groups is 3. The van der Waals surface area contributed by atoms with E-state index in [1.807, 2.05) is 18.2 Å². The Morgan fingerprint density at radius 3 is 2.43 bits per heavy atom. The summed E-state index contributed by atoms with van der Waals surface area (Å²) in [5, 5.41) is 30.8. The van der Waals surface area contributed by atoms with Gasteiger partial charge in [0.25, 0.3) is 0 Å². The van der Waals surface area contributed by atoms with E-state index in [0.29, 0.717) is 35.6 Å². The van der Waals surface area contributed by atoms with Gasteiger partial charge in [0.1, 0.15) is 0 Å². The van der Waals surface area contributed by atoms with Crippen LogP contribution in [0.4, 0.5) is 0 Å². The van der Waals surface area contributed by atoms with Crippen LogP contribution in [0.25, 0.3) is 6.08 Å². The summed E-state index contributed by atoms with van der Waals surface area (Å²) in [6, 6.07) is -1.25. The Morgan fingerprint density at radius 2 is 1.88 bits per heavy atom. The second-order valence-electron chi connectivity index (χ2n) is 11.8. The quantitative estimate of drug-likeness (QED) is 0.0539. The normalized spacial score (nSPS) is 12.1. The Labute approximate surface area is 310 Å². The molecule has 49 heavy (non-hydrogen) atoms. The number of hydrogen-bond donors (Lipinski definition) is 3. The molecule has 14 nitrogen and oxygen atoms in total. The molecule has 0 amide bonds. The van der Waals surface area contributed by atoms with Gasteiger partial charge in [0.2, 0.25) is 12.7 Å². The molecular weight excluding hydrogens is 641 g/mol. The summed E-state index contributed by atoms with van der Waals surface area (Å²) < 4.78 is 11.9. The van der Waals surface area contributed by atoms with Gasteiger partial charge in [-0.15, -0.1) is 5.10 Å². The van der Waals surface area contributed by atoms with Gasteiger partial charge in [0, 0.05) is 42.9 Å². The number of carboxylic acid groups (broad SMARTS) is 2. The monoisotopic (exact) mass is 689 g/mol. The van der Waals surface area contributed by atoms with Crippen LogP contribution in [0.3, 0.4) is 0 Å². The molecule has 262 valence electrons. The number of aliphatic carboxylic acids is 2. The summed E-state index contributed by atoms with van der Waals surface area (Å²) in [6.07, 6.45) is 12.7. The Hall–Kier alpha value is -4.27. The standard InChI is InChI=1S/C26H37N7O7.C8H12.Na/c1-16(2)30-24(19(27-6)12-18-23(26(3,4)5)29-14-28-18)40-15-39-22(36)9-7-8-17-13-33(32-31-17)20(25(37)38)10-11-21(34)35;1-4-5-6-7-8(2)3;/h12-14,20,27H,1,7-11,15H2,2-6H3,(H,28,29)(H,34,35)(H,37,38);4-7H,1H2,2-3H3;/q;;+1/p-1/b19-12-,30-24?;6-5-;. The summed E-state index contributed by atoms with van der Waals surface area (Å²) in [5.41, 5.74) is 4.21. The average molecular weight is 690 g/mol. The Bertz CT molecular complexity index is 1510.